The third-order valence-corrected chi connectivity index (χ3v) is 8.04. The number of anilines is 2. The highest BCUT2D eigenvalue weighted by Gasteiger charge is 2.47. The van der Waals surface area contributed by atoms with E-state index in [0.29, 0.717) is 35.2 Å². The van der Waals surface area contributed by atoms with Crippen molar-refractivity contribution in [1.29, 1.82) is 0 Å². The Kier molecular flexibility index (Phi) is 6.88. The molecule has 3 N–H and O–H groups in total. The van der Waals surface area contributed by atoms with Crippen LogP contribution in [0.1, 0.15) is 79.8 Å². The zero-order valence-electron chi connectivity index (χ0n) is 23.8. The predicted octanol–water partition coefficient (Wildman–Crippen LogP) is 2.94. The largest absolute Gasteiger partial charge is 0.458 e. The third kappa shape index (κ3) is 5.23. The fourth-order valence-corrected chi connectivity index (χ4v) is 5.93. The first-order valence-electron chi connectivity index (χ1n) is 14.2. The Morgan fingerprint density at radius 1 is 1.07 bits per heavy atom. The molecule has 12 heteroatoms. The monoisotopic (exact) mass is 560 g/mol. The lowest BCUT2D eigenvalue weighted by Gasteiger charge is -2.40. The van der Waals surface area contributed by atoms with Crippen LogP contribution in [0.4, 0.5) is 11.8 Å². The number of rotatable bonds is 6. The average Bonchev–Trinajstić information content (AvgIpc) is 3.46. The van der Waals surface area contributed by atoms with E-state index in [4.69, 9.17) is 9.72 Å². The number of piperazine rings is 1. The van der Waals surface area contributed by atoms with Crippen molar-refractivity contribution >= 4 is 40.6 Å². The maximum absolute atomic E-state index is 13.6. The molecule has 5 heterocycles. The molecule has 2 bridgehead atoms. The van der Waals surface area contributed by atoms with E-state index in [1.807, 2.05) is 31.4 Å². The molecule has 12 nitrogen and oxygen atoms in total. The Bertz CT molecular complexity index is 1490. The van der Waals surface area contributed by atoms with Gasteiger partial charge in [-0.05, 0) is 71.1 Å². The maximum atomic E-state index is 13.6. The molecule has 6 rings (SSSR count). The highest BCUT2D eigenvalue weighted by Crippen LogP contribution is 2.36. The summed E-state index contributed by atoms with van der Waals surface area (Å²) in [5, 5.41) is 10.1. The van der Waals surface area contributed by atoms with Gasteiger partial charge in [-0.2, -0.15) is 4.98 Å². The van der Waals surface area contributed by atoms with E-state index in [9.17, 15) is 14.4 Å². The molecule has 3 fully saturated rings. The number of likely N-dealkylation sites (tertiary alicyclic amines) is 1. The van der Waals surface area contributed by atoms with Gasteiger partial charge in [-0.3, -0.25) is 9.59 Å². The average molecular weight is 561 g/mol. The van der Waals surface area contributed by atoms with Gasteiger partial charge in [0.2, 0.25) is 5.95 Å². The van der Waals surface area contributed by atoms with Gasteiger partial charge in [-0.25, -0.2) is 14.8 Å². The highest BCUT2D eigenvalue weighted by atomic mass is 16.6. The second kappa shape index (κ2) is 10.4. The van der Waals surface area contributed by atoms with E-state index in [0.717, 1.165) is 37.5 Å². The number of fused-ring (bicyclic) bond motifs is 3. The molecular weight excluding hydrogens is 524 g/mol. The first kappa shape index (κ1) is 27.1. The first-order chi connectivity index (χ1) is 19.6. The summed E-state index contributed by atoms with van der Waals surface area (Å²) in [5.41, 5.74) is 1.01. The van der Waals surface area contributed by atoms with Crippen molar-refractivity contribution in [3.63, 3.8) is 0 Å². The van der Waals surface area contributed by atoms with E-state index >= 15 is 0 Å². The molecule has 3 aliphatic rings. The van der Waals surface area contributed by atoms with Gasteiger partial charge in [0.1, 0.15) is 28.8 Å². The molecule has 3 aromatic rings. The molecule has 41 heavy (non-hydrogen) atoms. The third-order valence-electron chi connectivity index (χ3n) is 8.04. The van der Waals surface area contributed by atoms with Crippen molar-refractivity contribution in [3.8, 4) is 0 Å². The van der Waals surface area contributed by atoms with Crippen LogP contribution in [0.2, 0.25) is 0 Å². The summed E-state index contributed by atoms with van der Waals surface area (Å²) in [6.07, 6.45) is 8.05. The van der Waals surface area contributed by atoms with E-state index in [2.05, 4.69) is 25.9 Å². The normalized spacial score (nSPS) is 22.3. The molecule has 2 aliphatic heterocycles. The second-order valence-corrected chi connectivity index (χ2v) is 12.1. The lowest BCUT2D eigenvalue weighted by Crippen LogP contribution is -2.63. The molecule has 0 aromatic carbocycles. The van der Waals surface area contributed by atoms with Crippen LogP contribution in [0, 0.1) is 0 Å². The molecule has 2 saturated heterocycles. The minimum absolute atomic E-state index is 0.128. The molecular formula is C29H36N8O4. The van der Waals surface area contributed by atoms with Crippen molar-refractivity contribution in [3.05, 3.63) is 41.9 Å². The maximum Gasteiger partial charge on any atom is 0.331 e. The van der Waals surface area contributed by atoms with Crippen molar-refractivity contribution in [2.45, 2.75) is 82.6 Å². The highest BCUT2D eigenvalue weighted by molar-refractivity contribution is 5.98. The molecule has 0 radical (unpaired) electrons. The van der Waals surface area contributed by atoms with Crippen LogP contribution in [-0.2, 0) is 9.53 Å². The number of carbonyl (C=O) groups is 3. The van der Waals surface area contributed by atoms with Crippen LogP contribution in [0.3, 0.4) is 0 Å². The standard InChI is InChI=1S/C29H36N8O4/c1-29(2,3)41-27(40)23-20-10-9-18(33-20)15-36(23)26(39)16-8-11-22(31-13-16)34-28-32-14-17-12-21(25(38)30-4)37(24(17)35-28)19-6-5-7-19/h8,11-14,18-20,23,33H,5-7,9-10,15H2,1-4H3,(H,30,38)(H,31,32,34,35). The number of hydrogen-bond acceptors (Lipinski definition) is 9. The Morgan fingerprint density at radius 2 is 1.88 bits per heavy atom. The quantitative estimate of drug-likeness (QED) is 0.388. The predicted molar refractivity (Wildman–Crippen MR) is 152 cm³/mol. The Balaban J connectivity index is 1.21. The minimum atomic E-state index is -0.690. The summed E-state index contributed by atoms with van der Waals surface area (Å²) in [6.45, 7) is 5.92. The van der Waals surface area contributed by atoms with E-state index in [1.165, 1.54) is 6.20 Å². The number of esters is 1. The molecule has 3 unspecified atom stereocenters. The van der Waals surface area contributed by atoms with Gasteiger partial charge in [0.05, 0.1) is 5.56 Å². The van der Waals surface area contributed by atoms with E-state index in [-0.39, 0.29) is 29.9 Å². The van der Waals surface area contributed by atoms with Crippen LogP contribution in [0.5, 0.6) is 0 Å². The number of nitrogens with one attached hydrogen (secondary N) is 3. The van der Waals surface area contributed by atoms with E-state index < -0.39 is 17.6 Å². The van der Waals surface area contributed by atoms with E-state index in [1.54, 1.807) is 30.3 Å². The number of hydrogen-bond donors (Lipinski definition) is 3. The summed E-state index contributed by atoms with van der Waals surface area (Å²) in [7, 11) is 1.62. The molecule has 1 aliphatic carbocycles. The molecule has 1 saturated carbocycles. The zero-order valence-corrected chi connectivity index (χ0v) is 23.8. The van der Waals surface area contributed by atoms with Gasteiger partial charge in [-0.1, -0.05) is 0 Å². The molecule has 2 amide bonds. The van der Waals surface area contributed by atoms with Crippen molar-refractivity contribution in [2.75, 3.05) is 18.9 Å². The summed E-state index contributed by atoms with van der Waals surface area (Å²) < 4.78 is 7.68. The van der Waals surface area contributed by atoms with Gasteiger partial charge < -0.3 is 30.2 Å². The summed E-state index contributed by atoms with van der Waals surface area (Å²) in [6, 6.07) is 4.78. The number of carbonyl (C=O) groups excluding carboxylic acids is 3. The topological polar surface area (TPSA) is 143 Å². The van der Waals surface area contributed by atoms with Gasteiger partial charge in [-0.15, -0.1) is 0 Å². The van der Waals surface area contributed by atoms with Crippen LogP contribution in [0.15, 0.2) is 30.6 Å². The second-order valence-electron chi connectivity index (χ2n) is 12.1. The van der Waals surface area contributed by atoms with Crippen molar-refractivity contribution in [2.24, 2.45) is 0 Å². The fraction of sp³-hybridized carbons (Fsp3) is 0.517. The SMILES string of the molecule is CNC(=O)c1cc2cnc(Nc3ccc(C(=O)N4CC5CCC(N5)C4C(=O)OC(C)(C)C)cn3)nc2n1C1CCC1. The molecule has 0 spiro atoms. The molecule has 3 aromatic heterocycles. The summed E-state index contributed by atoms with van der Waals surface area (Å²) in [4.78, 5) is 54.4. The first-order valence-corrected chi connectivity index (χ1v) is 14.2. The molecule has 3 atom stereocenters. The summed E-state index contributed by atoms with van der Waals surface area (Å²) >= 11 is 0. The van der Waals surface area contributed by atoms with Gasteiger partial charge in [0.25, 0.3) is 11.8 Å². The smallest absolute Gasteiger partial charge is 0.331 e. The van der Waals surface area contributed by atoms with Crippen LogP contribution >= 0.6 is 0 Å². The Labute approximate surface area is 238 Å². The number of pyridine rings is 1. The number of amides is 2. The van der Waals surface area contributed by atoms with Gasteiger partial charge in [0.15, 0.2) is 0 Å². The van der Waals surface area contributed by atoms with Crippen LogP contribution in [-0.4, -0.2) is 79.5 Å². The zero-order chi connectivity index (χ0) is 28.9. The number of nitrogens with zero attached hydrogens (tertiary/aromatic N) is 5. The fourth-order valence-electron chi connectivity index (χ4n) is 5.93. The number of aromatic nitrogens is 4. The Morgan fingerprint density at radius 3 is 2.54 bits per heavy atom. The lowest BCUT2D eigenvalue weighted by molar-refractivity contribution is -0.162. The van der Waals surface area contributed by atoms with Crippen LogP contribution < -0.4 is 16.0 Å². The summed E-state index contributed by atoms with van der Waals surface area (Å²) in [5.74, 6) is 0.00982. The molecule has 216 valence electrons. The van der Waals surface area contributed by atoms with Crippen molar-refractivity contribution < 1.29 is 19.1 Å². The number of ether oxygens (including phenoxy) is 1. The minimum Gasteiger partial charge on any atom is -0.458 e. The van der Waals surface area contributed by atoms with Crippen molar-refractivity contribution in [1.82, 2.24) is 35.1 Å². The van der Waals surface area contributed by atoms with Gasteiger partial charge >= 0.3 is 5.97 Å². The lowest BCUT2D eigenvalue weighted by atomic mass is 9.92. The van der Waals surface area contributed by atoms with Crippen LogP contribution in [0.25, 0.3) is 11.0 Å². The Hall–Kier alpha value is -4.06. The van der Waals surface area contributed by atoms with Gasteiger partial charge in [0, 0.05) is 49.5 Å².